The number of fused-ring (bicyclic) bond motifs is 4. The molecule has 5 atom stereocenters. The van der Waals surface area contributed by atoms with Gasteiger partial charge in [0.1, 0.15) is 0 Å². The summed E-state index contributed by atoms with van der Waals surface area (Å²) in [5.74, 6) is 1.40. The quantitative estimate of drug-likeness (QED) is 0.884. The van der Waals surface area contributed by atoms with Crippen LogP contribution < -0.4 is 5.73 Å². The van der Waals surface area contributed by atoms with Gasteiger partial charge in [-0.1, -0.05) is 24.3 Å². The molecule has 1 aromatic heterocycles. The van der Waals surface area contributed by atoms with E-state index in [1.165, 1.54) is 30.3 Å². The molecule has 22 heavy (non-hydrogen) atoms. The van der Waals surface area contributed by atoms with Crippen molar-refractivity contribution in [3.8, 4) is 0 Å². The molecular weight excluding hydrogens is 270 g/mol. The van der Waals surface area contributed by atoms with E-state index in [0.717, 1.165) is 18.0 Å². The number of pyridine rings is 1. The third-order valence-electron chi connectivity index (χ3n) is 5.61. The van der Waals surface area contributed by atoms with Crippen LogP contribution in [-0.2, 0) is 0 Å². The molecule has 3 nitrogen and oxygen atoms in total. The number of piperidine rings is 3. The van der Waals surface area contributed by atoms with Gasteiger partial charge in [0.2, 0.25) is 0 Å². The van der Waals surface area contributed by atoms with Gasteiger partial charge in [-0.25, -0.2) is 0 Å². The SMILES string of the molecule is C=C[C@H]1CN2CC[C@@H]1C[C@@H]2C(N)c1ccnc2ccccc12. The maximum absolute atomic E-state index is 6.71. The van der Waals surface area contributed by atoms with Crippen molar-refractivity contribution < 1.29 is 0 Å². The van der Waals surface area contributed by atoms with Gasteiger partial charge >= 0.3 is 0 Å². The molecule has 4 heterocycles. The Hall–Kier alpha value is -1.71. The summed E-state index contributed by atoms with van der Waals surface area (Å²) in [6, 6.07) is 10.9. The molecule has 0 amide bonds. The van der Waals surface area contributed by atoms with E-state index in [9.17, 15) is 0 Å². The molecule has 2 aromatic rings. The summed E-state index contributed by atoms with van der Waals surface area (Å²) in [5.41, 5.74) is 8.99. The monoisotopic (exact) mass is 293 g/mol. The van der Waals surface area contributed by atoms with Crippen molar-refractivity contribution in [3.63, 3.8) is 0 Å². The number of benzene rings is 1. The second-order valence-electron chi connectivity index (χ2n) is 6.69. The fourth-order valence-corrected chi connectivity index (χ4v) is 4.37. The number of nitrogens with zero attached hydrogens (tertiary/aromatic N) is 2. The zero-order chi connectivity index (χ0) is 15.1. The average molecular weight is 293 g/mol. The lowest BCUT2D eigenvalue weighted by molar-refractivity contribution is 0.00749. The summed E-state index contributed by atoms with van der Waals surface area (Å²) in [6.45, 7) is 6.30. The van der Waals surface area contributed by atoms with Gasteiger partial charge in [0.05, 0.1) is 5.52 Å². The molecular formula is C19H23N3. The Labute approximate surface area is 131 Å². The van der Waals surface area contributed by atoms with Crippen molar-refractivity contribution in [2.24, 2.45) is 17.6 Å². The zero-order valence-corrected chi connectivity index (χ0v) is 12.9. The van der Waals surface area contributed by atoms with Crippen LogP contribution in [0.25, 0.3) is 10.9 Å². The van der Waals surface area contributed by atoms with E-state index in [2.05, 4.69) is 46.8 Å². The summed E-state index contributed by atoms with van der Waals surface area (Å²) in [7, 11) is 0. The minimum absolute atomic E-state index is 0.0569. The first-order chi connectivity index (χ1) is 10.8. The minimum Gasteiger partial charge on any atom is -0.323 e. The normalized spacial score (nSPS) is 32.0. The molecule has 3 saturated heterocycles. The average Bonchev–Trinajstić information content (AvgIpc) is 2.60. The van der Waals surface area contributed by atoms with Gasteiger partial charge in [-0.3, -0.25) is 9.88 Å². The van der Waals surface area contributed by atoms with Crippen LogP contribution in [0.5, 0.6) is 0 Å². The van der Waals surface area contributed by atoms with Crippen LogP contribution in [0.3, 0.4) is 0 Å². The Balaban J connectivity index is 1.67. The molecule has 0 spiro atoms. The molecule has 2 unspecified atom stereocenters. The predicted octanol–water partition coefficient (Wildman–Crippen LogP) is 3.13. The van der Waals surface area contributed by atoms with Crippen LogP contribution in [0.4, 0.5) is 0 Å². The van der Waals surface area contributed by atoms with Crippen molar-refractivity contribution in [3.05, 3.63) is 54.7 Å². The van der Waals surface area contributed by atoms with Gasteiger partial charge in [0, 0.05) is 30.2 Å². The highest BCUT2D eigenvalue weighted by atomic mass is 15.2. The minimum atomic E-state index is 0.0569. The van der Waals surface area contributed by atoms with Crippen LogP contribution in [-0.4, -0.2) is 29.0 Å². The molecule has 0 aliphatic carbocycles. The number of nitrogens with two attached hydrogens (primary N) is 1. The Morgan fingerprint density at radius 1 is 1.32 bits per heavy atom. The molecule has 2 bridgehead atoms. The second-order valence-corrected chi connectivity index (χ2v) is 6.69. The molecule has 3 heteroatoms. The molecule has 2 N–H and O–H groups in total. The van der Waals surface area contributed by atoms with E-state index in [0.29, 0.717) is 12.0 Å². The fourth-order valence-electron chi connectivity index (χ4n) is 4.37. The summed E-state index contributed by atoms with van der Waals surface area (Å²) >= 11 is 0. The molecule has 5 rings (SSSR count). The third-order valence-corrected chi connectivity index (χ3v) is 5.61. The summed E-state index contributed by atoms with van der Waals surface area (Å²) in [6.07, 6.45) is 6.51. The van der Waals surface area contributed by atoms with Crippen molar-refractivity contribution in [2.75, 3.05) is 13.1 Å². The lowest BCUT2D eigenvalue weighted by Crippen LogP contribution is -2.56. The van der Waals surface area contributed by atoms with E-state index in [4.69, 9.17) is 5.73 Å². The van der Waals surface area contributed by atoms with Gasteiger partial charge in [-0.15, -0.1) is 6.58 Å². The number of hydrogen-bond donors (Lipinski definition) is 1. The van der Waals surface area contributed by atoms with E-state index >= 15 is 0 Å². The van der Waals surface area contributed by atoms with Gasteiger partial charge in [0.25, 0.3) is 0 Å². The molecule has 0 saturated carbocycles. The molecule has 114 valence electrons. The van der Waals surface area contributed by atoms with Crippen molar-refractivity contribution >= 4 is 10.9 Å². The summed E-state index contributed by atoms with van der Waals surface area (Å²) < 4.78 is 0. The Morgan fingerprint density at radius 2 is 2.18 bits per heavy atom. The van der Waals surface area contributed by atoms with Crippen LogP contribution in [0.15, 0.2) is 49.2 Å². The number of para-hydroxylation sites is 1. The largest absolute Gasteiger partial charge is 0.323 e. The van der Waals surface area contributed by atoms with Crippen molar-refractivity contribution in [2.45, 2.75) is 24.9 Å². The van der Waals surface area contributed by atoms with Crippen LogP contribution in [0.2, 0.25) is 0 Å². The maximum atomic E-state index is 6.71. The Kier molecular flexibility index (Phi) is 3.47. The van der Waals surface area contributed by atoms with Gasteiger partial charge in [0.15, 0.2) is 0 Å². The van der Waals surface area contributed by atoms with Crippen LogP contribution in [0.1, 0.15) is 24.4 Å². The Morgan fingerprint density at radius 3 is 2.95 bits per heavy atom. The van der Waals surface area contributed by atoms with Gasteiger partial charge in [-0.2, -0.15) is 0 Å². The first-order valence-corrected chi connectivity index (χ1v) is 8.24. The number of rotatable bonds is 3. The van der Waals surface area contributed by atoms with Crippen LogP contribution >= 0.6 is 0 Å². The highest BCUT2D eigenvalue weighted by Gasteiger charge is 2.41. The van der Waals surface area contributed by atoms with Crippen LogP contribution in [0, 0.1) is 11.8 Å². The first-order valence-electron chi connectivity index (χ1n) is 8.24. The fraction of sp³-hybridized carbons (Fsp3) is 0.421. The van der Waals surface area contributed by atoms with E-state index in [-0.39, 0.29) is 6.04 Å². The number of aromatic nitrogens is 1. The zero-order valence-electron chi connectivity index (χ0n) is 12.9. The molecule has 3 aliphatic heterocycles. The smallest absolute Gasteiger partial charge is 0.0705 e. The predicted molar refractivity (Wildman–Crippen MR) is 90.4 cm³/mol. The third kappa shape index (κ3) is 2.16. The number of hydrogen-bond acceptors (Lipinski definition) is 3. The molecule has 3 fully saturated rings. The molecule has 3 aliphatic rings. The molecule has 0 radical (unpaired) electrons. The summed E-state index contributed by atoms with van der Waals surface area (Å²) in [4.78, 5) is 7.04. The first kappa shape index (κ1) is 13.9. The highest BCUT2D eigenvalue weighted by molar-refractivity contribution is 5.82. The highest BCUT2D eigenvalue weighted by Crippen LogP contribution is 2.41. The van der Waals surface area contributed by atoms with Crippen molar-refractivity contribution in [1.29, 1.82) is 0 Å². The van der Waals surface area contributed by atoms with Gasteiger partial charge < -0.3 is 5.73 Å². The summed E-state index contributed by atoms with van der Waals surface area (Å²) in [5, 5.41) is 1.19. The van der Waals surface area contributed by atoms with E-state index < -0.39 is 0 Å². The maximum Gasteiger partial charge on any atom is 0.0705 e. The lowest BCUT2D eigenvalue weighted by atomic mass is 9.73. The van der Waals surface area contributed by atoms with Crippen molar-refractivity contribution in [1.82, 2.24) is 9.88 Å². The standard InChI is InChI=1S/C19H23N3/c1-2-13-12-22-10-8-14(13)11-18(22)19(20)16-7-9-21-17-6-4-3-5-15(16)17/h2-7,9,13-14,18-19H,1,8,10-12,20H2/t13-,14+,18+,19?/m0/s1. The van der Waals surface area contributed by atoms with E-state index in [1.54, 1.807) is 0 Å². The van der Waals surface area contributed by atoms with E-state index in [1.807, 2.05) is 12.3 Å². The van der Waals surface area contributed by atoms with Gasteiger partial charge in [-0.05, 0) is 48.9 Å². The Bertz CT molecular complexity index is 691. The lowest BCUT2D eigenvalue weighted by Gasteiger charge is -2.51. The molecule has 1 aromatic carbocycles. The second kappa shape index (κ2) is 5.49. The topological polar surface area (TPSA) is 42.1 Å².